The first kappa shape index (κ1) is 15.9. The molecule has 0 radical (unpaired) electrons. The first-order valence-electron chi connectivity index (χ1n) is 7.96. The van der Waals surface area contributed by atoms with Gasteiger partial charge in [0, 0.05) is 19.2 Å². The minimum atomic E-state index is -0.594. The second-order valence-corrected chi connectivity index (χ2v) is 6.18. The number of morpholine rings is 1. The number of benzene rings is 1. The number of aliphatic hydroxyl groups is 1. The predicted octanol–water partition coefficient (Wildman–Crippen LogP) is 1.90. The Kier molecular flexibility index (Phi) is 4.59. The van der Waals surface area contributed by atoms with Crippen LogP contribution in [0.2, 0.25) is 0 Å². The van der Waals surface area contributed by atoms with Crippen LogP contribution in [0.25, 0.3) is 0 Å². The number of hydrogen-bond donors (Lipinski definition) is 1. The van der Waals surface area contributed by atoms with Crippen LogP contribution in [0.3, 0.4) is 0 Å². The first-order chi connectivity index (χ1) is 11.1. The topological polar surface area (TPSA) is 58.5 Å². The lowest BCUT2D eigenvalue weighted by Crippen LogP contribution is -2.55. The van der Waals surface area contributed by atoms with Crippen LogP contribution in [-0.2, 0) is 11.2 Å². The summed E-state index contributed by atoms with van der Waals surface area (Å²) < 4.78 is 6.02. The summed E-state index contributed by atoms with van der Waals surface area (Å²) in [6, 6.07) is 10.2. The summed E-state index contributed by atoms with van der Waals surface area (Å²) in [6.45, 7) is 5.93. The summed E-state index contributed by atoms with van der Waals surface area (Å²) in [5.41, 5.74) is 1.84. The van der Waals surface area contributed by atoms with Gasteiger partial charge in [-0.2, -0.15) is 0 Å². The Balaban J connectivity index is 1.83. The minimum Gasteiger partial charge on any atom is -0.393 e. The maximum absolute atomic E-state index is 10.0. The van der Waals surface area contributed by atoms with Crippen LogP contribution >= 0.6 is 0 Å². The Morgan fingerprint density at radius 1 is 1.26 bits per heavy atom. The fraction of sp³-hybridized carbons (Fsp3) is 0.444. The zero-order valence-corrected chi connectivity index (χ0v) is 13.7. The number of aryl methyl sites for hydroxylation is 2. The zero-order valence-electron chi connectivity index (χ0n) is 13.7. The van der Waals surface area contributed by atoms with E-state index in [1.165, 1.54) is 11.1 Å². The van der Waals surface area contributed by atoms with E-state index in [4.69, 9.17) is 4.74 Å². The molecular formula is C18H23N3O2. The molecule has 0 amide bonds. The van der Waals surface area contributed by atoms with Gasteiger partial charge in [-0.05, 0) is 31.0 Å². The highest BCUT2D eigenvalue weighted by atomic mass is 16.5. The summed E-state index contributed by atoms with van der Waals surface area (Å²) in [4.78, 5) is 10.8. The molecule has 5 heteroatoms. The molecule has 2 heterocycles. The molecule has 1 fully saturated rings. The van der Waals surface area contributed by atoms with Crippen molar-refractivity contribution in [1.29, 1.82) is 0 Å². The normalized spacial score (nSPS) is 21.4. The van der Waals surface area contributed by atoms with Gasteiger partial charge in [-0.25, -0.2) is 9.97 Å². The molecule has 1 N–H and O–H groups in total. The van der Waals surface area contributed by atoms with Gasteiger partial charge >= 0.3 is 0 Å². The van der Waals surface area contributed by atoms with Gasteiger partial charge in [0.1, 0.15) is 17.2 Å². The van der Waals surface area contributed by atoms with Crippen molar-refractivity contribution in [3.8, 4) is 0 Å². The molecule has 0 bridgehead atoms. The van der Waals surface area contributed by atoms with Crippen molar-refractivity contribution >= 4 is 5.82 Å². The number of aliphatic hydroxyl groups excluding tert-OH is 1. The third kappa shape index (κ3) is 3.51. The van der Waals surface area contributed by atoms with Gasteiger partial charge in [-0.1, -0.05) is 24.3 Å². The summed E-state index contributed by atoms with van der Waals surface area (Å²) in [5.74, 6) is 1.64. The highest BCUT2D eigenvalue weighted by molar-refractivity contribution is 5.39. The van der Waals surface area contributed by atoms with Gasteiger partial charge < -0.3 is 14.7 Å². The fourth-order valence-corrected chi connectivity index (χ4v) is 3.07. The second kappa shape index (κ2) is 6.64. The lowest BCUT2D eigenvalue weighted by Gasteiger charge is -2.42. The highest BCUT2D eigenvalue weighted by Gasteiger charge is 2.37. The van der Waals surface area contributed by atoms with Crippen molar-refractivity contribution < 1.29 is 9.84 Å². The Morgan fingerprint density at radius 2 is 2.09 bits per heavy atom. The molecule has 0 aliphatic carbocycles. The van der Waals surface area contributed by atoms with E-state index in [0.29, 0.717) is 19.6 Å². The molecular weight excluding hydrogens is 290 g/mol. The van der Waals surface area contributed by atoms with E-state index in [1.807, 2.05) is 25.1 Å². The third-order valence-electron chi connectivity index (χ3n) is 4.40. The van der Waals surface area contributed by atoms with E-state index < -0.39 is 5.60 Å². The quantitative estimate of drug-likeness (QED) is 0.934. The van der Waals surface area contributed by atoms with Crippen LogP contribution < -0.4 is 4.90 Å². The number of hydrogen-bond acceptors (Lipinski definition) is 5. The molecule has 3 rings (SSSR count). The van der Waals surface area contributed by atoms with Crippen molar-refractivity contribution in [2.75, 3.05) is 31.2 Å². The van der Waals surface area contributed by atoms with E-state index in [2.05, 4.69) is 33.9 Å². The van der Waals surface area contributed by atoms with Gasteiger partial charge in [-0.15, -0.1) is 0 Å². The van der Waals surface area contributed by atoms with Crippen LogP contribution in [0.4, 0.5) is 5.82 Å². The van der Waals surface area contributed by atoms with E-state index in [0.717, 1.165) is 18.2 Å². The molecule has 0 saturated carbocycles. The fourth-order valence-electron chi connectivity index (χ4n) is 3.07. The molecule has 0 spiro atoms. The van der Waals surface area contributed by atoms with Crippen molar-refractivity contribution in [3.63, 3.8) is 0 Å². The van der Waals surface area contributed by atoms with Crippen LogP contribution in [0, 0.1) is 13.8 Å². The Bertz CT molecular complexity index is 677. The molecule has 23 heavy (non-hydrogen) atoms. The molecule has 122 valence electrons. The monoisotopic (exact) mass is 313 g/mol. The van der Waals surface area contributed by atoms with Crippen molar-refractivity contribution in [3.05, 3.63) is 53.5 Å². The number of rotatable bonds is 4. The molecule has 1 atom stereocenters. The Labute approximate surface area is 137 Å². The van der Waals surface area contributed by atoms with E-state index in [-0.39, 0.29) is 6.61 Å². The molecule has 1 saturated heterocycles. The van der Waals surface area contributed by atoms with E-state index >= 15 is 0 Å². The van der Waals surface area contributed by atoms with Gasteiger partial charge in [0.2, 0.25) is 0 Å². The van der Waals surface area contributed by atoms with Gasteiger partial charge in [0.05, 0.1) is 19.8 Å². The SMILES string of the molecule is Cc1nccc(N2CCOC(CO)(Cc3ccccc3C)C2)n1. The number of aromatic nitrogens is 2. The molecule has 1 aromatic heterocycles. The Hall–Kier alpha value is -1.98. The summed E-state index contributed by atoms with van der Waals surface area (Å²) in [7, 11) is 0. The molecule has 1 unspecified atom stereocenters. The third-order valence-corrected chi connectivity index (χ3v) is 4.40. The second-order valence-electron chi connectivity index (χ2n) is 6.18. The lowest BCUT2D eigenvalue weighted by molar-refractivity contribution is -0.0870. The van der Waals surface area contributed by atoms with Crippen LogP contribution in [0.15, 0.2) is 36.5 Å². The smallest absolute Gasteiger partial charge is 0.132 e. The highest BCUT2D eigenvalue weighted by Crippen LogP contribution is 2.26. The standard InChI is InChI=1S/C18H23N3O2/c1-14-5-3-4-6-16(14)11-18(13-22)12-21(9-10-23-18)17-7-8-19-15(2)20-17/h3-8,22H,9-13H2,1-2H3. The maximum atomic E-state index is 10.0. The van der Waals surface area contributed by atoms with Crippen LogP contribution in [-0.4, -0.2) is 47.0 Å². The molecule has 2 aromatic rings. The summed E-state index contributed by atoms with van der Waals surface area (Å²) in [5, 5.41) is 10.0. The number of ether oxygens (including phenoxy) is 1. The molecule has 1 aliphatic rings. The van der Waals surface area contributed by atoms with E-state index in [9.17, 15) is 5.11 Å². The zero-order chi connectivity index (χ0) is 16.3. The van der Waals surface area contributed by atoms with Crippen molar-refractivity contribution in [1.82, 2.24) is 9.97 Å². The lowest BCUT2D eigenvalue weighted by atomic mass is 9.91. The maximum Gasteiger partial charge on any atom is 0.132 e. The van der Waals surface area contributed by atoms with Crippen LogP contribution in [0.1, 0.15) is 17.0 Å². The molecule has 1 aliphatic heterocycles. The van der Waals surface area contributed by atoms with Gasteiger partial charge in [0.15, 0.2) is 0 Å². The van der Waals surface area contributed by atoms with Crippen molar-refractivity contribution in [2.24, 2.45) is 0 Å². The Morgan fingerprint density at radius 3 is 2.83 bits per heavy atom. The summed E-state index contributed by atoms with van der Waals surface area (Å²) >= 11 is 0. The van der Waals surface area contributed by atoms with Gasteiger partial charge in [-0.3, -0.25) is 0 Å². The first-order valence-corrected chi connectivity index (χ1v) is 7.96. The average molecular weight is 313 g/mol. The average Bonchev–Trinajstić information content (AvgIpc) is 2.57. The predicted molar refractivity (Wildman–Crippen MR) is 89.6 cm³/mol. The molecule has 1 aromatic carbocycles. The number of nitrogens with zero attached hydrogens (tertiary/aromatic N) is 3. The van der Waals surface area contributed by atoms with E-state index in [1.54, 1.807) is 6.20 Å². The minimum absolute atomic E-state index is 0.0120. The largest absolute Gasteiger partial charge is 0.393 e. The van der Waals surface area contributed by atoms with Crippen LogP contribution in [0.5, 0.6) is 0 Å². The summed E-state index contributed by atoms with van der Waals surface area (Å²) in [6.07, 6.45) is 2.46. The van der Waals surface area contributed by atoms with Crippen molar-refractivity contribution in [2.45, 2.75) is 25.9 Å². The number of anilines is 1. The van der Waals surface area contributed by atoms with Gasteiger partial charge in [0.25, 0.3) is 0 Å². The molecule has 5 nitrogen and oxygen atoms in total.